The van der Waals surface area contributed by atoms with Crippen molar-refractivity contribution >= 4 is 35.6 Å². The van der Waals surface area contributed by atoms with E-state index in [0.29, 0.717) is 24.8 Å². The summed E-state index contributed by atoms with van der Waals surface area (Å²) in [5, 5.41) is 17.1. The summed E-state index contributed by atoms with van der Waals surface area (Å²) in [6.45, 7) is 7.19. The fourth-order valence-electron chi connectivity index (χ4n) is 2.51. The summed E-state index contributed by atoms with van der Waals surface area (Å²) in [5.74, 6) is 1.98. The standard InChI is InChI=1S/C20H30N4O2.HI/c1-6-21-19(22-13-16-8-7-9-17(12-16)24(4)5)23-14-20(3,25)18-11-10-15(2)26-18;/h7-12,25H,6,13-14H2,1-5H3,(H2,21,22,23);1H. The van der Waals surface area contributed by atoms with E-state index in [1.807, 2.05) is 40.1 Å². The molecule has 0 amide bonds. The number of aliphatic imine (C=N–C) groups is 1. The molecule has 150 valence electrons. The Labute approximate surface area is 179 Å². The topological polar surface area (TPSA) is 73.0 Å². The molecule has 0 bridgehead atoms. The molecule has 0 fully saturated rings. The monoisotopic (exact) mass is 486 g/mol. The van der Waals surface area contributed by atoms with Crippen LogP contribution in [0.1, 0.15) is 30.9 Å². The SMILES string of the molecule is CCNC(=NCc1cccc(N(C)C)c1)NCC(C)(O)c1ccc(C)o1.I. The zero-order chi connectivity index (χ0) is 19.2. The Bertz CT molecular complexity index is 741. The van der Waals surface area contributed by atoms with Gasteiger partial charge in [-0.05, 0) is 50.6 Å². The van der Waals surface area contributed by atoms with Crippen molar-refractivity contribution in [2.24, 2.45) is 4.99 Å². The fourth-order valence-corrected chi connectivity index (χ4v) is 2.51. The summed E-state index contributed by atoms with van der Waals surface area (Å²) in [4.78, 5) is 6.69. The number of anilines is 1. The lowest BCUT2D eigenvalue weighted by atomic mass is 10.0. The Morgan fingerprint density at radius 3 is 2.56 bits per heavy atom. The van der Waals surface area contributed by atoms with Crippen molar-refractivity contribution in [1.29, 1.82) is 0 Å². The molecule has 0 aliphatic heterocycles. The molecule has 7 heteroatoms. The largest absolute Gasteiger partial charge is 0.463 e. The van der Waals surface area contributed by atoms with Crippen molar-refractivity contribution in [2.75, 3.05) is 32.1 Å². The Balaban J connectivity index is 0.00000364. The summed E-state index contributed by atoms with van der Waals surface area (Å²) in [6.07, 6.45) is 0. The lowest BCUT2D eigenvalue weighted by Crippen LogP contribution is -2.44. The van der Waals surface area contributed by atoms with E-state index in [-0.39, 0.29) is 24.0 Å². The Hall–Kier alpha value is -1.74. The second-order valence-electron chi connectivity index (χ2n) is 6.80. The normalized spacial score (nSPS) is 13.5. The molecule has 2 rings (SSSR count). The minimum absolute atomic E-state index is 0. The zero-order valence-electron chi connectivity index (χ0n) is 16.7. The predicted molar refractivity (Wildman–Crippen MR) is 122 cm³/mol. The van der Waals surface area contributed by atoms with Crippen LogP contribution in [0.5, 0.6) is 0 Å². The number of aliphatic hydroxyl groups is 1. The molecule has 27 heavy (non-hydrogen) atoms. The molecular formula is C20H31IN4O2. The van der Waals surface area contributed by atoms with Gasteiger partial charge in [-0.1, -0.05) is 12.1 Å². The maximum absolute atomic E-state index is 10.7. The van der Waals surface area contributed by atoms with E-state index < -0.39 is 5.60 Å². The van der Waals surface area contributed by atoms with Crippen molar-refractivity contribution in [1.82, 2.24) is 10.6 Å². The summed E-state index contributed by atoms with van der Waals surface area (Å²) < 4.78 is 5.55. The van der Waals surface area contributed by atoms with Crippen LogP contribution < -0.4 is 15.5 Å². The predicted octanol–water partition coefficient (Wildman–Crippen LogP) is 3.23. The summed E-state index contributed by atoms with van der Waals surface area (Å²) >= 11 is 0. The highest BCUT2D eigenvalue weighted by Gasteiger charge is 2.27. The maximum atomic E-state index is 10.7. The van der Waals surface area contributed by atoms with E-state index in [4.69, 9.17) is 4.42 Å². The van der Waals surface area contributed by atoms with Crippen LogP contribution in [0.3, 0.4) is 0 Å². The van der Waals surface area contributed by atoms with Crippen LogP contribution in [-0.2, 0) is 12.1 Å². The van der Waals surface area contributed by atoms with E-state index >= 15 is 0 Å². The molecule has 6 nitrogen and oxygen atoms in total. The lowest BCUT2D eigenvalue weighted by Gasteiger charge is -2.23. The Morgan fingerprint density at radius 2 is 1.96 bits per heavy atom. The third kappa shape index (κ3) is 7.06. The van der Waals surface area contributed by atoms with Gasteiger partial charge in [0.15, 0.2) is 5.96 Å². The third-order valence-electron chi connectivity index (χ3n) is 4.06. The first-order chi connectivity index (χ1) is 12.3. The summed E-state index contributed by atoms with van der Waals surface area (Å²) in [6, 6.07) is 11.9. The second-order valence-corrected chi connectivity index (χ2v) is 6.80. The molecule has 0 radical (unpaired) electrons. The van der Waals surface area contributed by atoms with Gasteiger partial charge in [0.05, 0.1) is 13.1 Å². The number of benzene rings is 1. The number of hydrogen-bond donors (Lipinski definition) is 3. The van der Waals surface area contributed by atoms with Gasteiger partial charge in [-0.2, -0.15) is 0 Å². The van der Waals surface area contributed by atoms with Crippen LogP contribution >= 0.6 is 24.0 Å². The van der Waals surface area contributed by atoms with E-state index in [1.165, 1.54) is 0 Å². The smallest absolute Gasteiger partial charge is 0.191 e. The molecule has 0 aliphatic carbocycles. The van der Waals surface area contributed by atoms with Gasteiger partial charge in [0.2, 0.25) is 0 Å². The number of guanidine groups is 1. The van der Waals surface area contributed by atoms with Crippen LogP contribution in [0.15, 0.2) is 45.8 Å². The number of nitrogens with one attached hydrogen (secondary N) is 2. The van der Waals surface area contributed by atoms with E-state index in [9.17, 15) is 5.11 Å². The highest BCUT2D eigenvalue weighted by molar-refractivity contribution is 14.0. The second kappa shape index (κ2) is 10.6. The Kier molecular flexibility index (Phi) is 9.11. The highest BCUT2D eigenvalue weighted by Crippen LogP contribution is 2.21. The molecule has 0 saturated carbocycles. The number of aryl methyl sites for hydroxylation is 1. The van der Waals surface area contributed by atoms with Crippen LogP contribution in [0.25, 0.3) is 0 Å². The third-order valence-corrected chi connectivity index (χ3v) is 4.06. The lowest BCUT2D eigenvalue weighted by molar-refractivity contribution is 0.0378. The molecule has 2 aromatic rings. The molecule has 1 atom stereocenters. The van der Waals surface area contributed by atoms with Crippen molar-refractivity contribution in [3.05, 3.63) is 53.5 Å². The highest BCUT2D eigenvalue weighted by atomic mass is 127. The first-order valence-corrected chi connectivity index (χ1v) is 8.89. The van der Waals surface area contributed by atoms with Crippen molar-refractivity contribution < 1.29 is 9.52 Å². The van der Waals surface area contributed by atoms with Crippen molar-refractivity contribution in [2.45, 2.75) is 32.9 Å². The number of rotatable bonds is 7. The van der Waals surface area contributed by atoms with Gasteiger partial charge in [-0.3, -0.25) is 0 Å². The van der Waals surface area contributed by atoms with Crippen molar-refractivity contribution in [3.8, 4) is 0 Å². The first-order valence-electron chi connectivity index (χ1n) is 8.89. The molecule has 0 aliphatic rings. The van der Waals surface area contributed by atoms with Gasteiger partial charge in [0.25, 0.3) is 0 Å². The minimum Gasteiger partial charge on any atom is -0.463 e. The summed E-state index contributed by atoms with van der Waals surface area (Å²) in [7, 11) is 4.04. The van der Waals surface area contributed by atoms with E-state index in [0.717, 1.165) is 23.6 Å². The van der Waals surface area contributed by atoms with Crippen LogP contribution in [0, 0.1) is 6.92 Å². The van der Waals surface area contributed by atoms with Gasteiger partial charge in [-0.15, -0.1) is 24.0 Å². The van der Waals surface area contributed by atoms with Gasteiger partial charge < -0.3 is 25.1 Å². The average Bonchev–Trinajstić information content (AvgIpc) is 3.05. The number of furan rings is 1. The summed E-state index contributed by atoms with van der Waals surface area (Å²) in [5.41, 5.74) is 1.16. The minimum atomic E-state index is -1.12. The van der Waals surface area contributed by atoms with Crippen molar-refractivity contribution in [3.63, 3.8) is 0 Å². The molecule has 1 heterocycles. The average molecular weight is 486 g/mol. The van der Waals surface area contributed by atoms with Gasteiger partial charge >= 0.3 is 0 Å². The van der Waals surface area contributed by atoms with Crippen LogP contribution in [0.4, 0.5) is 5.69 Å². The number of hydrogen-bond acceptors (Lipinski definition) is 4. The molecule has 1 aromatic carbocycles. The maximum Gasteiger partial charge on any atom is 0.191 e. The number of nitrogens with zero attached hydrogens (tertiary/aromatic N) is 2. The zero-order valence-corrected chi connectivity index (χ0v) is 19.1. The number of halogens is 1. The molecule has 1 aromatic heterocycles. The van der Waals surface area contributed by atoms with E-state index in [1.54, 1.807) is 13.0 Å². The van der Waals surface area contributed by atoms with Gasteiger partial charge in [0, 0.05) is 26.3 Å². The van der Waals surface area contributed by atoms with Gasteiger partial charge in [0.1, 0.15) is 17.1 Å². The Morgan fingerprint density at radius 1 is 1.22 bits per heavy atom. The molecule has 0 saturated heterocycles. The molecule has 1 unspecified atom stereocenters. The quantitative estimate of drug-likeness (QED) is 0.319. The molecular weight excluding hydrogens is 455 g/mol. The molecule has 3 N–H and O–H groups in total. The molecule has 0 spiro atoms. The first kappa shape index (κ1) is 23.3. The van der Waals surface area contributed by atoms with Crippen LogP contribution in [0.2, 0.25) is 0 Å². The van der Waals surface area contributed by atoms with Gasteiger partial charge in [-0.25, -0.2) is 4.99 Å². The fraction of sp³-hybridized carbons (Fsp3) is 0.450. The van der Waals surface area contributed by atoms with E-state index in [2.05, 4.69) is 38.7 Å². The van der Waals surface area contributed by atoms with Crippen LogP contribution in [-0.4, -0.2) is 38.3 Å².